The van der Waals surface area contributed by atoms with Gasteiger partial charge in [-0.3, -0.25) is 0 Å². The van der Waals surface area contributed by atoms with E-state index in [0.717, 1.165) is 28.4 Å². The third-order valence-corrected chi connectivity index (χ3v) is 5.41. The lowest BCUT2D eigenvalue weighted by atomic mass is 10.0. The van der Waals surface area contributed by atoms with Gasteiger partial charge >= 0.3 is 0 Å². The molecular weight excluding hydrogens is 306 g/mol. The van der Waals surface area contributed by atoms with Crippen LogP contribution in [0.1, 0.15) is 31.2 Å². The van der Waals surface area contributed by atoms with Gasteiger partial charge in [0.15, 0.2) is 11.5 Å². The molecule has 4 rings (SSSR count). The molecule has 0 amide bonds. The van der Waals surface area contributed by atoms with Crippen LogP contribution in [-0.4, -0.2) is 13.3 Å². The normalized spacial score (nSPS) is 22.6. The van der Waals surface area contributed by atoms with E-state index in [0.29, 0.717) is 12.2 Å². The number of hydrogen-bond donors (Lipinski definition) is 1. The third-order valence-electron chi connectivity index (χ3n) is 4.67. The van der Waals surface area contributed by atoms with Gasteiger partial charge in [0.2, 0.25) is 6.79 Å². The molecule has 2 fully saturated rings. The lowest BCUT2D eigenvalue weighted by Crippen LogP contribution is -2.25. The van der Waals surface area contributed by atoms with Crippen molar-refractivity contribution in [3.05, 3.63) is 22.2 Å². The Morgan fingerprint density at radius 1 is 1.21 bits per heavy atom. The fourth-order valence-corrected chi connectivity index (χ4v) is 3.59. The molecule has 0 unspecified atom stereocenters. The predicted molar refractivity (Wildman–Crippen MR) is 76.4 cm³/mol. The first-order valence-corrected chi connectivity index (χ1v) is 7.85. The summed E-state index contributed by atoms with van der Waals surface area (Å²) in [6, 6.07) is 4.09. The van der Waals surface area contributed by atoms with Gasteiger partial charge < -0.3 is 14.8 Å². The Hall–Kier alpha value is -0.740. The van der Waals surface area contributed by atoms with E-state index in [1.54, 1.807) is 0 Å². The molecule has 3 nitrogen and oxygen atoms in total. The minimum absolute atomic E-state index is 0.337. The predicted octanol–water partition coefficient (Wildman–Crippen LogP) is 3.46. The first-order valence-electron chi connectivity index (χ1n) is 7.06. The molecule has 4 heteroatoms. The van der Waals surface area contributed by atoms with E-state index in [2.05, 4.69) is 27.3 Å². The van der Waals surface area contributed by atoms with E-state index >= 15 is 0 Å². The maximum atomic E-state index is 5.43. The van der Waals surface area contributed by atoms with Crippen LogP contribution in [0.15, 0.2) is 16.6 Å². The Bertz CT molecular complexity index is 509. The van der Waals surface area contributed by atoms with Gasteiger partial charge in [0, 0.05) is 17.6 Å². The van der Waals surface area contributed by atoms with Gasteiger partial charge in [0.25, 0.3) is 0 Å². The first-order chi connectivity index (χ1) is 9.27. The Balaban J connectivity index is 1.40. The van der Waals surface area contributed by atoms with E-state index in [4.69, 9.17) is 9.47 Å². The molecule has 1 heterocycles. The Morgan fingerprint density at radius 2 is 1.95 bits per heavy atom. The molecule has 0 bridgehead atoms. The number of benzene rings is 1. The van der Waals surface area contributed by atoms with Crippen molar-refractivity contribution in [1.29, 1.82) is 0 Å². The van der Waals surface area contributed by atoms with Crippen LogP contribution >= 0.6 is 15.9 Å². The van der Waals surface area contributed by atoms with Gasteiger partial charge in [-0.1, -0.05) is 15.9 Å². The summed E-state index contributed by atoms with van der Waals surface area (Å²) >= 11 is 3.61. The van der Waals surface area contributed by atoms with Gasteiger partial charge in [-0.25, -0.2) is 0 Å². The fraction of sp³-hybridized carbons (Fsp3) is 0.600. The largest absolute Gasteiger partial charge is 0.454 e. The summed E-state index contributed by atoms with van der Waals surface area (Å²) in [7, 11) is 0. The zero-order valence-corrected chi connectivity index (χ0v) is 12.5. The Labute approximate surface area is 121 Å². The number of halogens is 1. The summed E-state index contributed by atoms with van der Waals surface area (Å²) < 4.78 is 11.9. The summed E-state index contributed by atoms with van der Waals surface area (Å²) in [4.78, 5) is 0. The van der Waals surface area contributed by atoms with Gasteiger partial charge in [0.05, 0.1) is 0 Å². The van der Waals surface area contributed by atoms with Crippen molar-refractivity contribution in [3.8, 4) is 11.5 Å². The van der Waals surface area contributed by atoms with Crippen LogP contribution in [0.3, 0.4) is 0 Å². The van der Waals surface area contributed by atoms with E-state index in [1.165, 1.54) is 37.8 Å². The maximum Gasteiger partial charge on any atom is 0.231 e. The van der Waals surface area contributed by atoms with Gasteiger partial charge in [-0.2, -0.15) is 0 Å². The topological polar surface area (TPSA) is 30.5 Å². The second-order valence-electron chi connectivity index (χ2n) is 6.04. The maximum absolute atomic E-state index is 5.43. The summed E-state index contributed by atoms with van der Waals surface area (Å²) in [6.45, 7) is 2.40. The molecule has 3 aliphatic rings. The van der Waals surface area contributed by atoms with Gasteiger partial charge in [-0.15, -0.1) is 0 Å². The van der Waals surface area contributed by atoms with Crippen LogP contribution in [-0.2, 0) is 6.54 Å². The Morgan fingerprint density at radius 3 is 2.63 bits per heavy atom. The lowest BCUT2D eigenvalue weighted by molar-refractivity contribution is 0.174. The van der Waals surface area contributed by atoms with Crippen molar-refractivity contribution < 1.29 is 9.47 Å². The van der Waals surface area contributed by atoms with Gasteiger partial charge in [-0.05, 0) is 54.7 Å². The van der Waals surface area contributed by atoms with Crippen LogP contribution in [0.2, 0.25) is 0 Å². The number of fused-ring (bicyclic) bond motifs is 1. The zero-order valence-electron chi connectivity index (χ0n) is 10.9. The van der Waals surface area contributed by atoms with Crippen molar-refractivity contribution >= 4 is 15.9 Å². The molecule has 2 saturated carbocycles. The van der Waals surface area contributed by atoms with Crippen molar-refractivity contribution in [1.82, 2.24) is 5.32 Å². The van der Waals surface area contributed by atoms with Crippen LogP contribution in [0.5, 0.6) is 11.5 Å². The zero-order chi connectivity index (χ0) is 12.9. The molecule has 102 valence electrons. The highest BCUT2D eigenvalue weighted by Gasteiger charge is 2.53. The molecule has 1 aromatic carbocycles. The second-order valence-corrected chi connectivity index (χ2v) is 6.89. The van der Waals surface area contributed by atoms with Crippen LogP contribution in [0, 0.1) is 11.3 Å². The van der Waals surface area contributed by atoms with E-state index in [9.17, 15) is 0 Å². The monoisotopic (exact) mass is 323 g/mol. The molecule has 19 heavy (non-hydrogen) atoms. The molecule has 0 aromatic heterocycles. The average Bonchev–Trinajstić information content (AvgIpc) is 3.28. The molecule has 0 saturated heterocycles. The van der Waals surface area contributed by atoms with Crippen LogP contribution in [0.25, 0.3) is 0 Å². The van der Waals surface area contributed by atoms with E-state index in [-0.39, 0.29) is 0 Å². The lowest BCUT2D eigenvalue weighted by Gasteiger charge is -2.15. The quantitative estimate of drug-likeness (QED) is 0.900. The minimum Gasteiger partial charge on any atom is -0.454 e. The SMILES string of the molecule is Brc1cc2c(cc1CNCC1(C3CC3)CC1)OCO2. The smallest absolute Gasteiger partial charge is 0.231 e. The van der Waals surface area contributed by atoms with Crippen LogP contribution < -0.4 is 14.8 Å². The van der Waals surface area contributed by atoms with Crippen molar-refractivity contribution in [3.63, 3.8) is 0 Å². The highest BCUT2D eigenvalue weighted by Crippen LogP contribution is 2.60. The molecule has 1 aromatic rings. The van der Waals surface area contributed by atoms with Crippen molar-refractivity contribution in [2.75, 3.05) is 13.3 Å². The molecule has 2 aliphatic carbocycles. The van der Waals surface area contributed by atoms with Crippen molar-refractivity contribution in [2.45, 2.75) is 32.2 Å². The third kappa shape index (κ3) is 2.25. The first kappa shape index (κ1) is 12.0. The highest BCUT2D eigenvalue weighted by molar-refractivity contribution is 9.10. The minimum atomic E-state index is 0.337. The second kappa shape index (κ2) is 4.38. The van der Waals surface area contributed by atoms with Gasteiger partial charge in [0.1, 0.15) is 0 Å². The van der Waals surface area contributed by atoms with E-state index < -0.39 is 0 Å². The standard InChI is InChI=1S/C15H18BrNO2/c16-12-6-14-13(18-9-19-14)5-10(12)7-17-8-15(3-4-15)11-1-2-11/h5-6,11,17H,1-4,7-9H2. The molecular formula is C15H18BrNO2. The summed E-state index contributed by atoms with van der Waals surface area (Å²) in [5, 5.41) is 3.63. The fourth-order valence-electron chi connectivity index (χ4n) is 3.13. The van der Waals surface area contributed by atoms with Crippen LogP contribution in [0.4, 0.5) is 0 Å². The molecule has 1 aliphatic heterocycles. The number of hydrogen-bond acceptors (Lipinski definition) is 3. The van der Waals surface area contributed by atoms with Crippen molar-refractivity contribution in [2.24, 2.45) is 11.3 Å². The summed E-state index contributed by atoms with van der Waals surface area (Å²) in [5.41, 5.74) is 1.90. The number of ether oxygens (including phenoxy) is 2. The summed E-state index contributed by atoms with van der Waals surface area (Å²) in [6.07, 6.45) is 5.75. The van der Waals surface area contributed by atoms with E-state index in [1.807, 2.05) is 6.07 Å². The molecule has 0 atom stereocenters. The number of rotatable bonds is 5. The summed E-state index contributed by atoms with van der Waals surface area (Å²) in [5.74, 6) is 2.72. The Kier molecular flexibility index (Phi) is 2.78. The molecule has 0 spiro atoms. The molecule has 1 N–H and O–H groups in total. The average molecular weight is 324 g/mol. The molecule has 0 radical (unpaired) electrons. The highest BCUT2D eigenvalue weighted by atomic mass is 79.9. The number of nitrogens with one attached hydrogen (secondary N) is 1.